The third kappa shape index (κ3) is 4.76. The summed E-state index contributed by atoms with van der Waals surface area (Å²) < 4.78 is 4.95. The van der Waals surface area contributed by atoms with Crippen LogP contribution in [0.2, 0.25) is 0 Å². The monoisotopic (exact) mass is 236 g/mol. The van der Waals surface area contributed by atoms with Gasteiger partial charge in [0.05, 0.1) is 13.4 Å². The molecule has 1 aliphatic carbocycles. The Bertz CT molecular complexity index is 271. The zero-order valence-electron chi connectivity index (χ0n) is 11.0. The van der Waals surface area contributed by atoms with E-state index in [-0.39, 0.29) is 0 Å². The van der Waals surface area contributed by atoms with Crippen molar-refractivity contribution in [2.45, 2.75) is 45.4 Å². The third-order valence-electron chi connectivity index (χ3n) is 3.50. The van der Waals surface area contributed by atoms with Gasteiger partial charge in [0.2, 0.25) is 0 Å². The van der Waals surface area contributed by atoms with Gasteiger partial charge < -0.3 is 4.74 Å². The summed E-state index contributed by atoms with van der Waals surface area (Å²) in [5, 5.41) is 0. The number of allylic oxidation sites excluding steroid dienone is 3. The van der Waals surface area contributed by atoms with Gasteiger partial charge in [0.1, 0.15) is 6.29 Å². The van der Waals surface area contributed by atoms with Crippen LogP contribution in [-0.2, 0) is 9.53 Å². The lowest BCUT2D eigenvalue weighted by Crippen LogP contribution is -2.15. The molecule has 1 fully saturated rings. The second kappa shape index (κ2) is 8.10. The first-order chi connectivity index (χ1) is 8.31. The van der Waals surface area contributed by atoms with E-state index < -0.39 is 0 Å². The molecule has 0 spiro atoms. The van der Waals surface area contributed by atoms with Crippen molar-refractivity contribution in [2.24, 2.45) is 11.8 Å². The topological polar surface area (TPSA) is 26.3 Å². The average molecular weight is 236 g/mol. The SMILES string of the molecule is CCC/C=C/C1CCC(C(C=O)=COC)CC1. The molecule has 17 heavy (non-hydrogen) atoms. The van der Waals surface area contributed by atoms with E-state index in [9.17, 15) is 4.79 Å². The molecular formula is C15H24O2. The second-order valence-corrected chi connectivity index (χ2v) is 4.80. The van der Waals surface area contributed by atoms with Crippen molar-refractivity contribution in [1.29, 1.82) is 0 Å². The van der Waals surface area contributed by atoms with E-state index in [2.05, 4.69) is 19.1 Å². The molecule has 0 aromatic heterocycles. The molecule has 1 saturated carbocycles. The number of carbonyl (C=O) groups excluding carboxylic acids is 1. The van der Waals surface area contributed by atoms with Gasteiger partial charge in [0.25, 0.3) is 0 Å². The Balaban J connectivity index is 2.39. The third-order valence-corrected chi connectivity index (χ3v) is 3.50. The molecule has 0 atom stereocenters. The van der Waals surface area contributed by atoms with Crippen molar-refractivity contribution >= 4 is 6.29 Å². The minimum atomic E-state index is 0.406. The molecule has 1 aliphatic rings. The quantitative estimate of drug-likeness (QED) is 0.303. The Morgan fingerprint density at radius 3 is 2.53 bits per heavy atom. The van der Waals surface area contributed by atoms with E-state index in [4.69, 9.17) is 4.74 Å². The summed E-state index contributed by atoms with van der Waals surface area (Å²) >= 11 is 0. The molecule has 0 unspecified atom stereocenters. The molecule has 1 rings (SSSR count). The van der Waals surface area contributed by atoms with Crippen LogP contribution in [0.4, 0.5) is 0 Å². The van der Waals surface area contributed by atoms with E-state index in [1.54, 1.807) is 13.4 Å². The summed E-state index contributed by atoms with van der Waals surface area (Å²) in [5.41, 5.74) is 0.823. The molecule has 0 N–H and O–H groups in total. The number of carbonyl (C=O) groups is 1. The van der Waals surface area contributed by atoms with Crippen LogP contribution < -0.4 is 0 Å². The van der Waals surface area contributed by atoms with Crippen LogP contribution in [-0.4, -0.2) is 13.4 Å². The van der Waals surface area contributed by atoms with Crippen LogP contribution in [0.25, 0.3) is 0 Å². The predicted octanol–water partition coefficient (Wildman–Crippen LogP) is 3.88. The number of ether oxygens (including phenoxy) is 1. The lowest BCUT2D eigenvalue weighted by atomic mass is 9.79. The Labute approximate surface area is 105 Å². The Morgan fingerprint density at radius 1 is 1.29 bits per heavy atom. The summed E-state index contributed by atoms with van der Waals surface area (Å²) in [6.07, 6.45) is 14.2. The van der Waals surface area contributed by atoms with Crippen molar-refractivity contribution in [1.82, 2.24) is 0 Å². The number of hydrogen-bond acceptors (Lipinski definition) is 2. The number of rotatable bonds is 6. The predicted molar refractivity (Wildman–Crippen MR) is 70.7 cm³/mol. The normalized spacial score (nSPS) is 26.1. The summed E-state index contributed by atoms with van der Waals surface area (Å²) in [5.74, 6) is 1.12. The van der Waals surface area contributed by atoms with E-state index in [1.807, 2.05) is 0 Å². The fourth-order valence-corrected chi connectivity index (χ4v) is 2.46. The van der Waals surface area contributed by atoms with Gasteiger partial charge in [-0.15, -0.1) is 0 Å². The highest BCUT2D eigenvalue weighted by molar-refractivity contribution is 5.73. The minimum absolute atomic E-state index is 0.406. The van der Waals surface area contributed by atoms with E-state index in [0.29, 0.717) is 11.8 Å². The zero-order chi connectivity index (χ0) is 12.5. The van der Waals surface area contributed by atoms with Crippen molar-refractivity contribution < 1.29 is 9.53 Å². The van der Waals surface area contributed by atoms with Gasteiger partial charge in [0.15, 0.2) is 0 Å². The standard InChI is InChI=1S/C15H24O2/c1-3-4-5-6-13-7-9-14(10-8-13)15(11-16)12-17-2/h5-6,11-14H,3-4,7-10H2,1-2H3/b6-5+,15-12?. The molecule has 2 nitrogen and oxygen atoms in total. The van der Waals surface area contributed by atoms with E-state index in [0.717, 1.165) is 24.7 Å². The van der Waals surface area contributed by atoms with Crippen LogP contribution in [0.1, 0.15) is 45.4 Å². The molecule has 2 heteroatoms. The first-order valence-corrected chi connectivity index (χ1v) is 6.66. The van der Waals surface area contributed by atoms with Crippen molar-refractivity contribution in [2.75, 3.05) is 7.11 Å². The molecule has 0 bridgehead atoms. The van der Waals surface area contributed by atoms with E-state index >= 15 is 0 Å². The molecule has 0 saturated heterocycles. The van der Waals surface area contributed by atoms with Gasteiger partial charge in [-0.25, -0.2) is 0 Å². The number of unbranched alkanes of at least 4 members (excludes halogenated alkanes) is 1. The summed E-state index contributed by atoms with van der Waals surface area (Å²) in [7, 11) is 1.60. The molecule has 0 radical (unpaired) electrons. The fraction of sp³-hybridized carbons (Fsp3) is 0.667. The van der Waals surface area contributed by atoms with Gasteiger partial charge in [-0.05, 0) is 43.9 Å². The van der Waals surface area contributed by atoms with Gasteiger partial charge in [-0.3, -0.25) is 4.79 Å². The maximum absolute atomic E-state index is 10.9. The lowest BCUT2D eigenvalue weighted by Gasteiger charge is -2.26. The van der Waals surface area contributed by atoms with Crippen LogP contribution in [0.3, 0.4) is 0 Å². The van der Waals surface area contributed by atoms with Gasteiger partial charge >= 0.3 is 0 Å². The highest BCUT2D eigenvalue weighted by atomic mass is 16.5. The molecule has 0 aliphatic heterocycles. The first-order valence-electron chi connectivity index (χ1n) is 6.66. The summed E-state index contributed by atoms with van der Waals surface area (Å²) in [4.78, 5) is 10.9. The maximum Gasteiger partial charge on any atom is 0.149 e. The fourth-order valence-electron chi connectivity index (χ4n) is 2.46. The molecule has 0 aromatic rings. The van der Waals surface area contributed by atoms with Crippen molar-refractivity contribution in [3.05, 3.63) is 24.0 Å². The number of hydrogen-bond donors (Lipinski definition) is 0. The Kier molecular flexibility index (Phi) is 6.68. The van der Waals surface area contributed by atoms with Crippen molar-refractivity contribution in [3.63, 3.8) is 0 Å². The summed E-state index contributed by atoms with van der Waals surface area (Å²) in [6.45, 7) is 2.20. The van der Waals surface area contributed by atoms with Crippen LogP contribution in [0, 0.1) is 11.8 Å². The van der Waals surface area contributed by atoms with Crippen LogP contribution in [0.15, 0.2) is 24.0 Å². The van der Waals surface area contributed by atoms with Gasteiger partial charge in [-0.1, -0.05) is 25.5 Å². The largest absolute Gasteiger partial charge is 0.504 e. The summed E-state index contributed by atoms with van der Waals surface area (Å²) in [6, 6.07) is 0. The average Bonchev–Trinajstić information content (AvgIpc) is 2.37. The Morgan fingerprint density at radius 2 is 2.00 bits per heavy atom. The van der Waals surface area contributed by atoms with Crippen molar-refractivity contribution in [3.8, 4) is 0 Å². The Hall–Kier alpha value is -1.05. The first kappa shape index (κ1) is 14.0. The second-order valence-electron chi connectivity index (χ2n) is 4.80. The minimum Gasteiger partial charge on any atom is -0.504 e. The molecule has 0 heterocycles. The molecule has 0 amide bonds. The van der Waals surface area contributed by atoms with Gasteiger partial charge in [-0.2, -0.15) is 0 Å². The van der Waals surface area contributed by atoms with Gasteiger partial charge in [0, 0.05) is 5.57 Å². The van der Waals surface area contributed by atoms with Crippen LogP contribution in [0.5, 0.6) is 0 Å². The molecule has 96 valence electrons. The molecule has 0 aromatic carbocycles. The number of aldehydes is 1. The maximum atomic E-state index is 10.9. The number of methoxy groups -OCH3 is 1. The molecular weight excluding hydrogens is 212 g/mol. The van der Waals surface area contributed by atoms with Crippen LogP contribution >= 0.6 is 0 Å². The lowest BCUT2D eigenvalue weighted by molar-refractivity contribution is -0.105. The van der Waals surface area contributed by atoms with E-state index in [1.165, 1.54) is 25.7 Å². The zero-order valence-corrected chi connectivity index (χ0v) is 11.0. The highest BCUT2D eigenvalue weighted by Crippen LogP contribution is 2.33. The smallest absolute Gasteiger partial charge is 0.149 e. The highest BCUT2D eigenvalue weighted by Gasteiger charge is 2.22.